The van der Waals surface area contributed by atoms with Crippen molar-refractivity contribution < 1.29 is 19.7 Å². The molecule has 0 radical (unpaired) electrons. The first kappa shape index (κ1) is 15.8. The zero-order valence-corrected chi connectivity index (χ0v) is 12.7. The van der Waals surface area contributed by atoms with Crippen LogP contribution in [0, 0.1) is 0 Å². The number of halogens is 3. The Labute approximate surface area is 135 Å². The van der Waals surface area contributed by atoms with Gasteiger partial charge in [-0.05, 0) is 18.2 Å². The van der Waals surface area contributed by atoms with Gasteiger partial charge in [0.2, 0.25) is 0 Å². The van der Waals surface area contributed by atoms with E-state index in [-0.39, 0.29) is 22.9 Å². The van der Waals surface area contributed by atoms with E-state index in [9.17, 15) is 9.90 Å². The maximum absolute atomic E-state index is 10.9. The lowest BCUT2D eigenvalue weighted by molar-refractivity contribution is 0.0693. The fraction of sp³-hybridized carbons (Fsp3) is 0.0714. The van der Waals surface area contributed by atoms with Crippen LogP contribution in [0.3, 0.4) is 0 Å². The Hall–Kier alpha value is -1.62. The minimum absolute atomic E-state index is 0.0318. The number of ether oxygens (including phenoxy) is 1. The highest BCUT2D eigenvalue weighted by molar-refractivity contribution is 6.36. The van der Waals surface area contributed by atoms with Crippen LogP contribution in [0.2, 0.25) is 15.1 Å². The van der Waals surface area contributed by atoms with E-state index >= 15 is 0 Å². The molecule has 0 amide bonds. The average Bonchev–Trinajstić information content (AvgIpc) is 2.41. The number of aromatic carboxylic acids is 1. The average molecular weight is 348 g/mol. The highest BCUT2D eigenvalue weighted by atomic mass is 35.5. The first-order valence-electron chi connectivity index (χ1n) is 5.71. The minimum atomic E-state index is -1.28. The Kier molecular flexibility index (Phi) is 4.83. The van der Waals surface area contributed by atoms with Crippen LogP contribution in [-0.4, -0.2) is 16.2 Å². The Bertz CT molecular complexity index is 681. The molecular formula is C14H9Cl3O4. The molecule has 110 valence electrons. The summed E-state index contributed by atoms with van der Waals surface area (Å²) in [7, 11) is 0. The molecule has 2 N–H and O–H groups in total. The smallest absolute Gasteiger partial charge is 0.339 e. The summed E-state index contributed by atoms with van der Waals surface area (Å²) in [5, 5.41) is 19.4. The number of carbonyl (C=O) groups is 1. The molecule has 0 unspecified atom stereocenters. The van der Waals surface area contributed by atoms with Gasteiger partial charge in [0.05, 0.1) is 5.02 Å². The van der Waals surface area contributed by atoms with Gasteiger partial charge in [-0.2, -0.15) is 0 Å². The second kappa shape index (κ2) is 6.43. The van der Waals surface area contributed by atoms with E-state index < -0.39 is 11.7 Å². The fourth-order valence-electron chi connectivity index (χ4n) is 1.64. The SMILES string of the molecule is O=C(O)c1cc(Cl)c(OCc2c(Cl)cccc2Cl)cc1O. The third-order valence-corrected chi connectivity index (χ3v) is 3.72. The normalized spacial score (nSPS) is 10.4. The van der Waals surface area contributed by atoms with Crippen molar-refractivity contribution in [1.29, 1.82) is 0 Å². The van der Waals surface area contributed by atoms with Gasteiger partial charge in [-0.15, -0.1) is 0 Å². The van der Waals surface area contributed by atoms with E-state index in [1.54, 1.807) is 18.2 Å². The van der Waals surface area contributed by atoms with Crippen LogP contribution < -0.4 is 4.74 Å². The number of carboxylic acids is 1. The maximum Gasteiger partial charge on any atom is 0.339 e. The molecule has 0 aromatic heterocycles. The van der Waals surface area contributed by atoms with E-state index in [1.165, 1.54) is 0 Å². The lowest BCUT2D eigenvalue weighted by Crippen LogP contribution is -2.01. The van der Waals surface area contributed by atoms with Crippen molar-refractivity contribution >= 4 is 40.8 Å². The first-order chi connectivity index (χ1) is 9.90. The summed E-state index contributed by atoms with van der Waals surface area (Å²) >= 11 is 17.9. The van der Waals surface area contributed by atoms with Crippen molar-refractivity contribution in [2.75, 3.05) is 0 Å². The summed E-state index contributed by atoms with van der Waals surface area (Å²) in [5.41, 5.74) is 0.266. The number of hydrogen-bond acceptors (Lipinski definition) is 3. The standard InChI is InChI=1S/C14H9Cl3O4/c15-9-2-1-3-10(16)8(9)6-21-13-5-12(18)7(14(19)20)4-11(13)17/h1-5,18H,6H2,(H,19,20). The van der Waals surface area contributed by atoms with Gasteiger partial charge in [0.15, 0.2) is 0 Å². The van der Waals surface area contributed by atoms with Crippen LogP contribution >= 0.6 is 34.8 Å². The van der Waals surface area contributed by atoms with Crippen LogP contribution in [0.1, 0.15) is 15.9 Å². The third kappa shape index (κ3) is 3.53. The van der Waals surface area contributed by atoms with E-state index in [2.05, 4.69) is 0 Å². The van der Waals surface area contributed by atoms with Gasteiger partial charge in [0, 0.05) is 21.7 Å². The summed E-state index contributed by atoms with van der Waals surface area (Å²) in [5.74, 6) is -1.59. The summed E-state index contributed by atoms with van der Waals surface area (Å²) in [4.78, 5) is 10.9. The lowest BCUT2D eigenvalue weighted by Gasteiger charge is -2.12. The molecule has 0 aliphatic rings. The second-order valence-electron chi connectivity index (χ2n) is 4.09. The number of carboxylic acid groups (broad SMARTS) is 1. The Morgan fingerprint density at radius 1 is 1.10 bits per heavy atom. The molecule has 0 fully saturated rings. The van der Waals surface area contributed by atoms with Gasteiger partial charge in [-0.3, -0.25) is 0 Å². The fourth-order valence-corrected chi connectivity index (χ4v) is 2.37. The van der Waals surface area contributed by atoms with Crippen molar-refractivity contribution in [3.05, 3.63) is 56.5 Å². The summed E-state index contributed by atoms with van der Waals surface area (Å²) in [6.07, 6.45) is 0. The van der Waals surface area contributed by atoms with Gasteiger partial charge in [0.1, 0.15) is 23.7 Å². The lowest BCUT2D eigenvalue weighted by atomic mass is 10.2. The highest BCUT2D eigenvalue weighted by Crippen LogP contribution is 2.34. The quantitative estimate of drug-likeness (QED) is 0.846. The van der Waals surface area contributed by atoms with E-state index in [0.29, 0.717) is 15.6 Å². The van der Waals surface area contributed by atoms with Gasteiger partial charge >= 0.3 is 5.97 Å². The van der Waals surface area contributed by atoms with E-state index in [0.717, 1.165) is 12.1 Å². The highest BCUT2D eigenvalue weighted by Gasteiger charge is 2.15. The number of benzene rings is 2. The molecule has 2 aromatic rings. The molecule has 0 spiro atoms. The van der Waals surface area contributed by atoms with Crippen LogP contribution in [0.25, 0.3) is 0 Å². The predicted molar refractivity (Wildman–Crippen MR) is 80.9 cm³/mol. The summed E-state index contributed by atoms with van der Waals surface area (Å²) < 4.78 is 5.45. The van der Waals surface area contributed by atoms with Gasteiger partial charge in [-0.25, -0.2) is 4.79 Å². The van der Waals surface area contributed by atoms with Crippen molar-refractivity contribution in [2.24, 2.45) is 0 Å². The topological polar surface area (TPSA) is 66.8 Å². The zero-order chi connectivity index (χ0) is 15.6. The zero-order valence-electron chi connectivity index (χ0n) is 10.4. The van der Waals surface area contributed by atoms with Crippen molar-refractivity contribution in [1.82, 2.24) is 0 Å². The van der Waals surface area contributed by atoms with E-state index in [4.69, 9.17) is 44.6 Å². The van der Waals surface area contributed by atoms with Gasteiger partial charge < -0.3 is 14.9 Å². The molecule has 2 aromatic carbocycles. The summed E-state index contributed by atoms with van der Waals surface area (Å²) in [6.45, 7) is 0.0318. The van der Waals surface area contributed by atoms with Gasteiger partial charge in [0.25, 0.3) is 0 Å². The van der Waals surface area contributed by atoms with Gasteiger partial charge in [-0.1, -0.05) is 40.9 Å². The molecule has 0 saturated carbocycles. The first-order valence-corrected chi connectivity index (χ1v) is 6.85. The number of rotatable bonds is 4. The van der Waals surface area contributed by atoms with Crippen LogP contribution in [0.15, 0.2) is 30.3 Å². The molecular weight excluding hydrogens is 339 g/mol. The molecule has 4 nitrogen and oxygen atoms in total. The third-order valence-electron chi connectivity index (χ3n) is 2.71. The molecule has 0 aliphatic heterocycles. The predicted octanol–water partition coefficient (Wildman–Crippen LogP) is 4.63. The van der Waals surface area contributed by atoms with Crippen LogP contribution in [0.5, 0.6) is 11.5 Å². The monoisotopic (exact) mass is 346 g/mol. The van der Waals surface area contributed by atoms with Crippen molar-refractivity contribution in [3.8, 4) is 11.5 Å². The largest absolute Gasteiger partial charge is 0.507 e. The van der Waals surface area contributed by atoms with Crippen LogP contribution in [-0.2, 0) is 6.61 Å². The molecule has 0 bridgehead atoms. The number of aromatic hydroxyl groups is 1. The van der Waals surface area contributed by atoms with Crippen molar-refractivity contribution in [3.63, 3.8) is 0 Å². The van der Waals surface area contributed by atoms with Crippen LogP contribution in [0.4, 0.5) is 0 Å². The molecule has 0 aliphatic carbocycles. The second-order valence-corrected chi connectivity index (χ2v) is 5.32. The summed E-state index contributed by atoms with van der Waals surface area (Å²) in [6, 6.07) is 7.28. The Balaban J connectivity index is 2.25. The van der Waals surface area contributed by atoms with E-state index in [1.807, 2.05) is 0 Å². The maximum atomic E-state index is 10.9. The molecule has 2 rings (SSSR count). The molecule has 0 saturated heterocycles. The minimum Gasteiger partial charge on any atom is -0.507 e. The molecule has 7 heteroatoms. The molecule has 0 heterocycles. The molecule has 0 atom stereocenters. The number of phenols is 1. The number of hydrogen-bond donors (Lipinski definition) is 2. The Morgan fingerprint density at radius 2 is 1.71 bits per heavy atom. The molecule has 21 heavy (non-hydrogen) atoms. The van der Waals surface area contributed by atoms with Crippen molar-refractivity contribution in [2.45, 2.75) is 6.61 Å². The Morgan fingerprint density at radius 3 is 2.29 bits per heavy atom.